The normalized spacial score (nSPS) is 10.9. The van der Waals surface area contributed by atoms with Gasteiger partial charge in [-0.25, -0.2) is 14.3 Å². The maximum atomic E-state index is 11.2. The largest absolute Gasteiger partial charge is 0.507 e. The van der Waals surface area contributed by atoms with Crippen molar-refractivity contribution < 1.29 is 24.9 Å². The number of aromatic hydroxyl groups is 1. The second-order valence-electron chi connectivity index (χ2n) is 5.21. The molecule has 0 aliphatic rings. The van der Waals surface area contributed by atoms with Crippen LogP contribution in [0.25, 0.3) is 5.69 Å². The number of aromatic nitrogens is 3. The number of aromatic carboxylic acids is 2. The Balaban J connectivity index is 2.60. The molecule has 1 aromatic carbocycles. The van der Waals surface area contributed by atoms with E-state index in [1.807, 2.05) is 13.8 Å². The molecule has 0 radical (unpaired) electrons. The van der Waals surface area contributed by atoms with Gasteiger partial charge in [0.15, 0.2) is 5.69 Å². The van der Waals surface area contributed by atoms with Crippen LogP contribution in [0.2, 0.25) is 0 Å². The molecule has 1 aromatic heterocycles. The van der Waals surface area contributed by atoms with Gasteiger partial charge in [0, 0.05) is 0 Å². The van der Waals surface area contributed by atoms with E-state index in [0.717, 1.165) is 0 Å². The van der Waals surface area contributed by atoms with Crippen LogP contribution in [0.15, 0.2) is 18.2 Å². The number of hydrogen-bond acceptors (Lipinski definition) is 5. The fourth-order valence-electron chi connectivity index (χ4n) is 2.07. The number of benzene rings is 1. The van der Waals surface area contributed by atoms with Crippen LogP contribution in [-0.2, 0) is 6.42 Å². The molecule has 0 spiro atoms. The summed E-state index contributed by atoms with van der Waals surface area (Å²) in [6.07, 6.45) is 0.415. The predicted octanol–water partition coefficient (Wildman–Crippen LogP) is 1.57. The summed E-state index contributed by atoms with van der Waals surface area (Å²) in [5.41, 5.74) is 0.245. The van der Waals surface area contributed by atoms with Crippen molar-refractivity contribution in [1.29, 1.82) is 0 Å². The number of rotatable bonds is 5. The Morgan fingerprint density at radius 3 is 2.45 bits per heavy atom. The van der Waals surface area contributed by atoms with E-state index in [-0.39, 0.29) is 22.9 Å². The molecule has 0 bridgehead atoms. The molecule has 22 heavy (non-hydrogen) atoms. The molecule has 1 heterocycles. The lowest BCUT2D eigenvalue weighted by Crippen LogP contribution is -2.10. The second-order valence-corrected chi connectivity index (χ2v) is 5.21. The van der Waals surface area contributed by atoms with E-state index in [1.165, 1.54) is 22.9 Å². The summed E-state index contributed by atoms with van der Waals surface area (Å²) in [6.45, 7) is 3.84. The lowest BCUT2D eigenvalue weighted by molar-refractivity contribution is 0.0679. The maximum absolute atomic E-state index is 11.2. The van der Waals surface area contributed by atoms with Crippen LogP contribution >= 0.6 is 0 Å². The monoisotopic (exact) mass is 305 g/mol. The SMILES string of the molecule is CC(C)Cc1c(C(=O)O)nnn1-c1ccc(O)c(C(=O)O)c1. The van der Waals surface area contributed by atoms with E-state index in [4.69, 9.17) is 5.11 Å². The highest BCUT2D eigenvalue weighted by Gasteiger charge is 2.21. The first-order valence-electron chi connectivity index (χ1n) is 6.55. The zero-order valence-corrected chi connectivity index (χ0v) is 12.0. The Labute approximate surface area is 125 Å². The van der Waals surface area contributed by atoms with Crippen molar-refractivity contribution in [2.45, 2.75) is 20.3 Å². The molecule has 2 aromatic rings. The molecule has 0 saturated heterocycles. The third-order valence-electron chi connectivity index (χ3n) is 3.02. The van der Waals surface area contributed by atoms with Gasteiger partial charge in [-0.05, 0) is 30.5 Å². The molecule has 0 aliphatic heterocycles. The number of phenols is 1. The highest BCUT2D eigenvalue weighted by molar-refractivity contribution is 5.91. The molecule has 2 rings (SSSR count). The first-order chi connectivity index (χ1) is 10.3. The minimum Gasteiger partial charge on any atom is -0.507 e. The van der Waals surface area contributed by atoms with Gasteiger partial charge >= 0.3 is 11.9 Å². The van der Waals surface area contributed by atoms with Crippen LogP contribution in [0.1, 0.15) is 40.4 Å². The molecule has 0 aliphatic carbocycles. The molecule has 3 N–H and O–H groups in total. The zero-order valence-electron chi connectivity index (χ0n) is 12.0. The zero-order chi connectivity index (χ0) is 16.4. The number of carbonyl (C=O) groups is 2. The first kappa shape index (κ1) is 15.5. The standard InChI is InChI=1S/C14H15N3O5/c1-7(2)5-10-12(14(21)22)15-16-17(10)8-3-4-11(18)9(6-8)13(19)20/h3-4,6-7,18H,5H2,1-2H3,(H,19,20)(H,21,22). The van der Waals surface area contributed by atoms with E-state index < -0.39 is 11.9 Å². The van der Waals surface area contributed by atoms with E-state index in [0.29, 0.717) is 17.8 Å². The number of carboxylic acid groups (broad SMARTS) is 2. The van der Waals surface area contributed by atoms with Crippen LogP contribution in [0.3, 0.4) is 0 Å². The van der Waals surface area contributed by atoms with Gasteiger partial charge in [-0.15, -0.1) is 5.10 Å². The summed E-state index contributed by atoms with van der Waals surface area (Å²) in [6, 6.07) is 3.90. The van der Waals surface area contributed by atoms with Crippen molar-refractivity contribution in [1.82, 2.24) is 15.0 Å². The van der Waals surface area contributed by atoms with Crippen molar-refractivity contribution in [2.75, 3.05) is 0 Å². The lowest BCUT2D eigenvalue weighted by Gasteiger charge is -2.10. The third kappa shape index (κ3) is 2.90. The van der Waals surface area contributed by atoms with Crippen molar-refractivity contribution in [3.05, 3.63) is 35.2 Å². The summed E-state index contributed by atoms with van der Waals surface area (Å²) >= 11 is 0. The topological polar surface area (TPSA) is 126 Å². The van der Waals surface area contributed by atoms with Gasteiger partial charge in [0.25, 0.3) is 0 Å². The molecule has 0 unspecified atom stereocenters. The molecular formula is C14H15N3O5. The van der Waals surface area contributed by atoms with Gasteiger partial charge in [-0.3, -0.25) is 0 Å². The van der Waals surface area contributed by atoms with Gasteiger partial charge < -0.3 is 15.3 Å². The second kappa shape index (κ2) is 5.84. The van der Waals surface area contributed by atoms with E-state index in [9.17, 15) is 19.8 Å². The number of nitrogens with zero attached hydrogens (tertiary/aromatic N) is 3. The molecule has 8 heteroatoms. The Hall–Kier alpha value is -2.90. The average molecular weight is 305 g/mol. The molecule has 0 saturated carbocycles. The molecule has 0 atom stereocenters. The molecular weight excluding hydrogens is 290 g/mol. The van der Waals surface area contributed by atoms with E-state index in [1.54, 1.807) is 0 Å². The van der Waals surface area contributed by atoms with E-state index in [2.05, 4.69) is 10.3 Å². The van der Waals surface area contributed by atoms with Crippen molar-refractivity contribution in [3.8, 4) is 11.4 Å². The van der Waals surface area contributed by atoms with Gasteiger partial charge in [0.1, 0.15) is 11.3 Å². The van der Waals surface area contributed by atoms with Crippen molar-refractivity contribution in [3.63, 3.8) is 0 Å². The number of hydrogen-bond donors (Lipinski definition) is 3. The Kier molecular flexibility index (Phi) is 4.11. The van der Waals surface area contributed by atoms with Crippen LogP contribution < -0.4 is 0 Å². The Morgan fingerprint density at radius 2 is 1.91 bits per heavy atom. The molecule has 0 fully saturated rings. The maximum Gasteiger partial charge on any atom is 0.358 e. The van der Waals surface area contributed by atoms with Crippen LogP contribution in [0, 0.1) is 5.92 Å². The summed E-state index contributed by atoms with van der Waals surface area (Å²) in [4.78, 5) is 22.3. The minimum absolute atomic E-state index is 0.159. The Morgan fingerprint density at radius 1 is 1.23 bits per heavy atom. The van der Waals surface area contributed by atoms with E-state index >= 15 is 0 Å². The predicted molar refractivity (Wildman–Crippen MR) is 75.5 cm³/mol. The Bertz CT molecular complexity index is 736. The summed E-state index contributed by atoms with van der Waals surface area (Å²) in [5, 5.41) is 35.2. The summed E-state index contributed by atoms with van der Waals surface area (Å²) < 4.78 is 1.29. The fourth-order valence-corrected chi connectivity index (χ4v) is 2.07. The highest BCUT2D eigenvalue weighted by atomic mass is 16.4. The molecule has 116 valence electrons. The quantitative estimate of drug-likeness (QED) is 0.765. The van der Waals surface area contributed by atoms with Gasteiger partial charge in [0.2, 0.25) is 0 Å². The van der Waals surface area contributed by atoms with Crippen LogP contribution in [0.4, 0.5) is 0 Å². The minimum atomic E-state index is -1.29. The summed E-state index contributed by atoms with van der Waals surface area (Å²) in [7, 11) is 0. The molecule has 8 nitrogen and oxygen atoms in total. The molecule has 0 amide bonds. The summed E-state index contributed by atoms with van der Waals surface area (Å²) in [5.74, 6) is -2.70. The third-order valence-corrected chi connectivity index (χ3v) is 3.02. The van der Waals surface area contributed by atoms with Crippen LogP contribution in [0.5, 0.6) is 5.75 Å². The first-order valence-corrected chi connectivity index (χ1v) is 6.55. The number of carboxylic acids is 2. The van der Waals surface area contributed by atoms with Gasteiger partial charge in [0.05, 0.1) is 11.4 Å². The fraction of sp³-hybridized carbons (Fsp3) is 0.286. The smallest absolute Gasteiger partial charge is 0.358 e. The van der Waals surface area contributed by atoms with Crippen molar-refractivity contribution >= 4 is 11.9 Å². The highest BCUT2D eigenvalue weighted by Crippen LogP contribution is 2.23. The van der Waals surface area contributed by atoms with Gasteiger partial charge in [-0.1, -0.05) is 19.1 Å². The van der Waals surface area contributed by atoms with Crippen LogP contribution in [-0.4, -0.2) is 42.3 Å². The average Bonchev–Trinajstić information content (AvgIpc) is 2.82. The van der Waals surface area contributed by atoms with Crippen molar-refractivity contribution in [2.24, 2.45) is 5.92 Å². The lowest BCUT2D eigenvalue weighted by atomic mass is 10.1. The van der Waals surface area contributed by atoms with Gasteiger partial charge in [-0.2, -0.15) is 0 Å².